The maximum atomic E-state index is 11.0. The van der Waals surface area contributed by atoms with Crippen molar-refractivity contribution in [3.05, 3.63) is 0 Å². The quantitative estimate of drug-likeness (QED) is 0.632. The minimum atomic E-state index is -1.52. The Morgan fingerprint density at radius 2 is 2.00 bits per heavy atom. The first-order valence-electron chi connectivity index (χ1n) is 4.24. The fourth-order valence-electron chi connectivity index (χ4n) is 1.28. The largest absolute Gasteiger partial charge is 0.481 e. The van der Waals surface area contributed by atoms with Gasteiger partial charge in [-0.2, -0.15) is 5.26 Å². The molecular formula is C10H11NO4. The fourth-order valence-corrected chi connectivity index (χ4v) is 1.28. The third kappa shape index (κ3) is 3.70. The third-order valence-corrected chi connectivity index (χ3v) is 2.10. The van der Waals surface area contributed by atoms with Gasteiger partial charge in [0.1, 0.15) is 0 Å². The van der Waals surface area contributed by atoms with Crippen LogP contribution in [0.25, 0.3) is 0 Å². The molecule has 0 bridgehead atoms. The molecule has 0 aliphatic heterocycles. The molecule has 0 aliphatic carbocycles. The molecule has 0 spiro atoms. The first-order valence-corrected chi connectivity index (χ1v) is 4.24. The summed E-state index contributed by atoms with van der Waals surface area (Å²) in [5, 5.41) is 25.9. The average Bonchev–Trinajstić information content (AvgIpc) is 2.13. The molecule has 0 amide bonds. The van der Waals surface area contributed by atoms with Gasteiger partial charge >= 0.3 is 11.9 Å². The summed E-state index contributed by atoms with van der Waals surface area (Å²) in [6.45, 7) is 0. The summed E-state index contributed by atoms with van der Waals surface area (Å²) in [4.78, 5) is 21.5. The van der Waals surface area contributed by atoms with Crippen molar-refractivity contribution in [3.63, 3.8) is 0 Å². The van der Waals surface area contributed by atoms with Crippen molar-refractivity contribution in [3.8, 4) is 18.4 Å². The number of carbonyl (C=O) groups is 2. The van der Waals surface area contributed by atoms with E-state index in [0.29, 0.717) is 0 Å². The lowest BCUT2D eigenvalue weighted by molar-refractivity contribution is -0.155. The van der Waals surface area contributed by atoms with Gasteiger partial charge in [-0.25, -0.2) is 0 Å². The van der Waals surface area contributed by atoms with Crippen LogP contribution >= 0.6 is 0 Å². The second-order valence-corrected chi connectivity index (χ2v) is 3.20. The first-order chi connectivity index (χ1) is 6.98. The lowest BCUT2D eigenvalue weighted by Gasteiger charge is -2.24. The molecule has 0 rings (SSSR count). The molecule has 0 fully saturated rings. The second kappa shape index (κ2) is 5.66. The van der Waals surface area contributed by atoms with Gasteiger partial charge in [0.25, 0.3) is 0 Å². The molecule has 0 radical (unpaired) electrons. The molecule has 0 aromatic carbocycles. The predicted molar refractivity (Wildman–Crippen MR) is 50.6 cm³/mol. The van der Waals surface area contributed by atoms with E-state index in [9.17, 15) is 9.59 Å². The van der Waals surface area contributed by atoms with Crippen LogP contribution in [0.5, 0.6) is 0 Å². The molecule has 15 heavy (non-hydrogen) atoms. The minimum absolute atomic E-state index is 0.0265. The van der Waals surface area contributed by atoms with Crippen LogP contribution < -0.4 is 0 Å². The Labute approximate surface area is 87.3 Å². The molecule has 0 aromatic heterocycles. The molecule has 5 heteroatoms. The van der Waals surface area contributed by atoms with Gasteiger partial charge in [-0.05, 0) is 6.42 Å². The Kier molecular flexibility index (Phi) is 4.90. The average molecular weight is 209 g/mol. The van der Waals surface area contributed by atoms with Crippen LogP contribution in [0.4, 0.5) is 0 Å². The second-order valence-electron chi connectivity index (χ2n) is 3.20. The summed E-state index contributed by atoms with van der Waals surface area (Å²) in [5.74, 6) is -0.346. The number of rotatable bonds is 6. The van der Waals surface area contributed by atoms with E-state index in [1.165, 1.54) is 0 Å². The lowest BCUT2D eigenvalue weighted by Crippen LogP contribution is -2.33. The van der Waals surface area contributed by atoms with Crippen LogP contribution in [0.15, 0.2) is 0 Å². The van der Waals surface area contributed by atoms with Crippen molar-refractivity contribution in [2.75, 3.05) is 0 Å². The summed E-state index contributed by atoms with van der Waals surface area (Å²) in [5.41, 5.74) is -1.52. The van der Waals surface area contributed by atoms with Gasteiger partial charge < -0.3 is 10.2 Å². The van der Waals surface area contributed by atoms with Gasteiger partial charge in [0.15, 0.2) is 0 Å². The number of nitriles is 1. The third-order valence-electron chi connectivity index (χ3n) is 2.10. The molecule has 0 saturated heterocycles. The number of hydrogen-bond acceptors (Lipinski definition) is 3. The van der Waals surface area contributed by atoms with E-state index in [2.05, 4.69) is 5.92 Å². The fraction of sp³-hybridized carbons (Fsp3) is 0.500. The van der Waals surface area contributed by atoms with Crippen molar-refractivity contribution in [1.29, 1.82) is 5.26 Å². The maximum Gasteiger partial charge on any atom is 0.311 e. The highest BCUT2D eigenvalue weighted by molar-refractivity contribution is 5.81. The van der Waals surface area contributed by atoms with Crippen LogP contribution in [0, 0.1) is 29.1 Å². The molecule has 2 N–H and O–H groups in total. The van der Waals surface area contributed by atoms with E-state index in [0.717, 1.165) is 0 Å². The summed E-state index contributed by atoms with van der Waals surface area (Å²) in [7, 11) is 0. The van der Waals surface area contributed by atoms with Gasteiger partial charge in [0.05, 0.1) is 17.9 Å². The minimum Gasteiger partial charge on any atom is -0.481 e. The number of hydrogen-bond donors (Lipinski definition) is 2. The van der Waals surface area contributed by atoms with Gasteiger partial charge in [-0.1, -0.05) is 0 Å². The molecule has 80 valence electrons. The van der Waals surface area contributed by atoms with E-state index in [1.54, 1.807) is 6.07 Å². The summed E-state index contributed by atoms with van der Waals surface area (Å²) < 4.78 is 0. The van der Waals surface area contributed by atoms with Crippen LogP contribution in [0.2, 0.25) is 0 Å². The Hall–Kier alpha value is -2.01. The molecule has 5 nitrogen and oxygen atoms in total. The standard InChI is InChI=1S/C10H11NO4/c1-2-4-10(9(14)15,5-3-6-11)7-8(12)13/h1H,3-5,7H2,(H,12,13)(H,14,15). The zero-order valence-corrected chi connectivity index (χ0v) is 8.06. The molecular weight excluding hydrogens is 198 g/mol. The van der Waals surface area contributed by atoms with Crippen LogP contribution in [-0.4, -0.2) is 22.2 Å². The molecule has 0 heterocycles. The van der Waals surface area contributed by atoms with Crippen LogP contribution in [0.1, 0.15) is 25.7 Å². The Morgan fingerprint density at radius 3 is 2.33 bits per heavy atom. The zero-order valence-electron chi connectivity index (χ0n) is 8.06. The van der Waals surface area contributed by atoms with E-state index in [1.807, 2.05) is 0 Å². The molecule has 1 unspecified atom stereocenters. The van der Waals surface area contributed by atoms with Crippen molar-refractivity contribution in [2.45, 2.75) is 25.7 Å². The number of aliphatic carboxylic acids is 2. The van der Waals surface area contributed by atoms with E-state index in [4.69, 9.17) is 21.9 Å². The highest BCUT2D eigenvalue weighted by Gasteiger charge is 2.39. The SMILES string of the molecule is C#CCC(CCC#N)(CC(=O)O)C(=O)O. The van der Waals surface area contributed by atoms with Crippen molar-refractivity contribution >= 4 is 11.9 Å². The molecule has 0 saturated carbocycles. The van der Waals surface area contributed by atoms with Crippen molar-refractivity contribution in [2.24, 2.45) is 5.41 Å². The normalized spacial score (nSPS) is 13.2. The number of carboxylic acids is 2. The number of nitrogens with zero attached hydrogens (tertiary/aromatic N) is 1. The zero-order chi connectivity index (χ0) is 11.9. The van der Waals surface area contributed by atoms with E-state index < -0.39 is 23.8 Å². The van der Waals surface area contributed by atoms with Crippen LogP contribution in [-0.2, 0) is 9.59 Å². The lowest BCUT2D eigenvalue weighted by atomic mass is 9.77. The molecule has 1 atom stereocenters. The van der Waals surface area contributed by atoms with E-state index in [-0.39, 0.29) is 19.3 Å². The summed E-state index contributed by atoms with van der Waals surface area (Å²) in [6, 6.07) is 1.78. The monoisotopic (exact) mass is 209 g/mol. The summed E-state index contributed by atoms with van der Waals surface area (Å²) in [6.07, 6.45) is 4.19. The molecule has 0 aromatic rings. The number of terminal acetylenes is 1. The maximum absolute atomic E-state index is 11.0. The van der Waals surface area contributed by atoms with E-state index >= 15 is 0 Å². The van der Waals surface area contributed by atoms with Gasteiger partial charge in [0, 0.05) is 12.8 Å². The highest BCUT2D eigenvalue weighted by atomic mass is 16.4. The predicted octanol–water partition coefficient (Wildman–Crippen LogP) is 0.859. The highest BCUT2D eigenvalue weighted by Crippen LogP contribution is 2.32. The van der Waals surface area contributed by atoms with Gasteiger partial charge in [-0.3, -0.25) is 9.59 Å². The summed E-state index contributed by atoms with van der Waals surface area (Å²) >= 11 is 0. The van der Waals surface area contributed by atoms with Gasteiger partial charge in [0.2, 0.25) is 0 Å². The van der Waals surface area contributed by atoms with Gasteiger partial charge in [-0.15, -0.1) is 12.3 Å². The molecule has 0 aliphatic rings. The Morgan fingerprint density at radius 1 is 1.40 bits per heavy atom. The Balaban J connectivity index is 4.91. The Bertz CT molecular complexity index is 336. The van der Waals surface area contributed by atoms with Crippen LogP contribution in [0.3, 0.4) is 0 Å². The smallest absolute Gasteiger partial charge is 0.311 e. The number of carboxylic acid groups (broad SMARTS) is 2. The van der Waals surface area contributed by atoms with Crippen molar-refractivity contribution in [1.82, 2.24) is 0 Å². The van der Waals surface area contributed by atoms with Crippen molar-refractivity contribution < 1.29 is 19.8 Å². The first kappa shape index (κ1) is 13.0. The topological polar surface area (TPSA) is 98.4 Å².